The van der Waals surface area contributed by atoms with E-state index in [4.69, 9.17) is 5.26 Å². The molecule has 2 amide bonds. The van der Waals surface area contributed by atoms with Gasteiger partial charge in [-0.3, -0.25) is 9.59 Å². The van der Waals surface area contributed by atoms with Crippen LogP contribution in [-0.2, 0) is 19.6 Å². The number of hydrogen-bond donors (Lipinski definition) is 0. The number of nitriles is 1. The van der Waals surface area contributed by atoms with Gasteiger partial charge in [0.15, 0.2) is 0 Å². The number of hydrogen-bond acceptors (Lipinski definition) is 5. The summed E-state index contributed by atoms with van der Waals surface area (Å²) in [4.78, 5) is 27.5. The van der Waals surface area contributed by atoms with Crippen molar-refractivity contribution >= 4 is 27.5 Å². The van der Waals surface area contributed by atoms with E-state index in [1.807, 2.05) is 26.0 Å². The molecular formula is C24H25N3O4S. The topological polar surface area (TPSA) is 98.6 Å². The predicted octanol–water partition coefficient (Wildman–Crippen LogP) is 3.28. The Morgan fingerprint density at radius 2 is 1.56 bits per heavy atom. The maximum Gasteiger partial charge on any atom is 0.252 e. The lowest BCUT2D eigenvalue weighted by molar-refractivity contribution is -0.122. The number of aryl methyl sites for hydroxylation is 2. The molecule has 4 rings (SSSR count). The highest BCUT2D eigenvalue weighted by Gasteiger charge is 2.52. The zero-order valence-corrected chi connectivity index (χ0v) is 19.4. The highest BCUT2D eigenvalue weighted by Crippen LogP contribution is 2.40. The van der Waals surface area contributed by atoms with E-state index in [1.54, 1.807) is 13.8 Å². The molecule has 2 fully saturated rings. The van der Waals surface area contributed by atoms with E-state index in [0.29, 0.717) is 35.2 Å². The van der Waals surface area contributed by atoms with Crippen LogP contribution in [0, 0.1) is 39.0 Å². The van der Waals surface area contributed by atoms with Crippen molar-refractivity contribution in [3.8, 4) is 6.07 Å². The van der Waals surface area contributed by atoms with Crippen LogP contribution in [0.1, 0.15) is 47.1 Å². The Morgan fingerprint density at radius 1 is 1.00 bits per heavy atom. The molecule has 166 valence electrons. The van der Waals surface area contributed by atoms with Gasteiger partial charge in [0.2, 0.25) is 15.9 Å². The Morgan fingerprint density at radius 3 is 2.06 bits per heavy atom. The minimum absolute atomic E-state index is 0.197. The van der Waals surface area contributed by atoms with Gasteiger partial charge < -0.3 is 0 Å². The zero-order valence-electron chi connectivity index (χ0n) is 18.5. The van der Waals surface area contributed by atoms with Crippen molar-refractivity contribution < 1.29 is 18.0 Å². The first-order chi connectivity index (χ1) is 15.1. The molecule has 7 nitrogen and oxygen atoms in total. The van der Waals surface area contributed by atoms with Crippen molar-refractivity contribution in [1.82, 2.24) is 4.31 Å². The van der Waals surface area contributed by atoms with Crippen LogP contribution in [-0.4, -0.2) is 36.6 Å². The van der Waals surface area contributed by atoms with Crippen LogP contribution in [0.4, 0.5) is 5.69 Å². The standard InChI is InChI=1S/C24H25N3O4S/c1-14-11-15(2)17(4)23(16(14)3)32(30,31)27(20-9-10-20)21-12-22(28)26(24(21)29)19-7-5-18(13-25)6-8-19/h5-8,11,20-21H,9-10,12H2,1-4H3. The van der Waals surface area contributed by atoms with Crippen LogP contribution in [0.3, 0.4) is 0 Å². The fraction of sp³-hybridized carbons (Fsp3) is 0.375. The van der Waals surface area contributed by atoms with Crippen LogP contribution in [0.5, 0.6) is 0 Å². The van der Waals surface area contributed by atoms with E-state index in [-0.39, 0.29) is 17.4 Å². The Labute approximate surface area is 188 Å². The van der Waals surface area contributed by atoms with E-state index < -0.39 is 27.9 Å². The lowest BCUT2D eigenvalue weighted by atomic mass is 10.0. The fourth-order valence-electron chi connectivity index (χ4n) is 4.39. The molecule has 2 aromatic carbocycles. The monoisotopic (exact) mass is 451 g/mol. The first-order valence-electron chi connectivity index (χ1n) is 10.6. The van der Waals surface area contributed by atoms with Crippen molar-refractivity contribution in [2.24, 2.45) is 0 Å². The summed E-state index contributed by atoms with van der Waals surface area (Å²) in [5, 5.41) is 8.99. The number of imide groups is 1. The molecule has 1 heterocycles. The summed E-state index contributed by atoms with van der Waals surface area (Å²) in [5.41, 5.74) is 3.82. The number of anilines is 1. The van der Waals surface area contributed by atoms with E-state index in [1.165, 1.54) is 28.6 Å². The summed E-state index contributed by atoms with van der Waals surface area (Å²) in [7, 11) is -4.01. The molecule has 2 aromatic rings. The number of sulfonamides is 1. The molecule has 2 aliphatic rings. The third-order valence-electron chi connectivity index (χ3n) is 6.42. The van der Waals surface area contributed by atoms with Gasteiger partial charge in [-0.05, 0) is 87.1 Å². The van der Waals surface area contributed by atoms with Gasteiger partial charge in [-0.2, -0.15) is 9.57 Å². The third kappa shape index (κ3) is 3.51. The Balaban J connectivity index is 1.77. The van der Waals surface area contributed by atoms with Gasteiger partial charge in [-0.1, -0.05) is 6.07 Å². The summed E-state index contributed by atoms with van der Waals surface area (Å²) in [6, 6.07) is 8.72. The van der Waals surface area contributed by atoms with Gasteiger partial charge in [0.05, 0.1) is 28.6 Å². The number of carbonyl (C=O) groups excluding carboxylic acids is 2. The minimum atomic E-state index is -4.01. The molecule has 1 atom stereocenters. The Bertz CT molecular complexity index is 1250. The Kier molecular flexibility index (Phi) is 5.43. The molecule has 0 N–H and O–H groups in total. The molecule has 1 unspecified atom stereocenters. The summed E-state index contributed by atoms with van der Waals surface area (Å²) in [6.07, 6.45) is 1.13. The average Bonchev–Trinajstić information content (AvgIpc) is 3.52. The highest BCUT2D eigenvalue weighted by molar-refractivity contribution is 7.89. The molecule has 1 aliphatic heterocycles. The number of benzene rings is 2. The number of amides is 2. The molecule has 1 saturated heterocycles. The smallest absolute Gasteiger partial charge is 0.252 e. The normalized spacial score (nSPS) is 19.0. The second-order valence-corrected chi connectivity index (χ2v) is 10.4. The molecule has 1 aliphatic carbocycles. The van der Waals surface area contributed by atoms with Crippen molar-refractivity contribution in [2.75, 3.05) is 4.90 Å². The molecule has 8 heteroatoms. The summed E-state index contributed by atoms with van der Waals surface area (Å²) in [6.45, 7) is 7.31. The first kappa shape index (κ1) is 22.2. The van der Waals surface area contributed by atoms with Crippen LogP contribution in [0.15, 0.2) is 35.2 Å². The fourth-order valence-corrected chi connectivity index (χ4v) is 6.80. The second kappa shape index (κ2) is 7.84. The molecule has 0 aromatic heterocycles. The van der Waals surface area contributed by atoms with Gasteiger partial charge >= 0.3 is 0 Å². The molecule has 0 bridgehead atoms. The minimum Gasteiger partial charge on any atom is -0.274 e. The molecule has 32 heavy (non-hydrogen) atoms. The van der Waals surface area contributed by atoms with Gasteiger partial charge in [0.25, 0.3) is 5.91 Å². The molecule has 0 radical (unpaired) electrons. The quantitative estimate of drug-likeness (QED) is 0.650. The maximum absolute atomic E-state index is 13.9. The lowest BCUT2D eigenvalue weighted by Crippen LogP contribution is -2.47. The van der Waals surface area contributed by atoms with Gasteiger partial charge in [0.1, 0.15) is 6.04 Å². The van der Waals surface area contributed by atoms with E-state index in [9.17, 15) is 18.0 Å². The van der Waals surface area contributed by atoms with E-state index in [0.717, 1.165) is 16.0 Å². The summed E-state index contributed by atoms with van der Waals surface area (Å²) >= 11 is 0. The number of carbonyl (C=O) groups is 2. The number of nitrogens with zero attached hydrogens (tertiary/aromatic N) is 3. The van der Waals surface area contributed by atoms with Gasteiger partial charge in [-0.25, -0.2) is 13.3 Å². The molecular weight excluding hydrogens is 426 g/mol. The van der Waals surface area contributed by atoms with Gasteiger partial charge in [-0.15, -0.1) is 0 Å². The van der Waals surface area contributed by atoms with Crippen LogP contribution < -0.4 is 4.90 Å². The second-order valence-electron chi connectivity index (χ2n) is 8.60. The zero-order chi connectivity index (χ0) is 23.4. The molecule has 1 saturated carbocycles. The number of rotatable bonds is 5. The predicted molar refractivity (Wildman–Crippen MR) is 119 cm³/mol. The maximum atomic E-state index is 13.9. The SMILES string of the molecule is Cc1cc(C)c(C)c(S(=O)(=O)N(C2CC2)C2CC(=O)N(c3ccc(C#N)cc3)C2=O)c1C. The van der Waals surface area contributed by atoms with Gasteiger partial charge in [0, 0.05) is 6.04 Å². The van der Waals surface area contributed by atoms with E-state index >= 15 is 0 Å². The van der Waals surface area contributed by atoms with Crippen molar-refractivity contribution in [3.63, 3.8) is 0 Å². The van der Waals surface area contributed by atoms with Crippen LogP contribution >= 0.6 is 0 Å². The highest BCUT2D eigenvalue weighted by atomic mass is 32.2. The molecule has 0 spiro atoms. The van der Waals surface area contributed by atoms with Crippen molar-refractivity contribution in [1.29, 1.82) is 5.26 Å². The van der Waals surface area contributed by atoms with Crippen LogP contribution in [0.25, 0.3) is 0 Å². The lowest BCUT2D eigenvalue weighted by Gasteiger charge is -2.29. The summed E-state index contributed by atoms with van der Waals surface area (Å²) < 4.78 is 29.2. The largest absolute Gasteiger partial charge is 0.274 e. The third-order valence-corrected chi connectivity index (χ3v) is 8.66. The average molecular weight is 452 g/mol. The van der Waals surface area contributed by atoms with Crippen molar-refractivity contribution in [3.05, 3.63) is 58.1 Å². The van der Waals surface area contributed by atoms with Crippen molar-refractivity contribution in [2.45, 2.75) is 63.9 Å². The summed E-state index contributed by atoms with van der Waals surface area (Å²) in [5.74, 6) is -0.991. The van der Waals surface area contributed by atoms with E-state index in [2.05, 4.69) is 0 Å². The Hall–Kier alpha value is -3.02. The van der Waals surface area contributed by atoms with Crippen LogP contribution in [0.2, 0.25) is 0 Å². The first-order valence-corrected chi connectivity index (χ1v) is 12.0.